The van der Waals surface area contributed by atoms with Crippen molar-refractivity contribution in [2.45, 2.75) is 0 Å². The normalized spacial score (nSPS) is 10.1. The van der Waals surface area contributed by atoms with Gasteiger partial charge < -0.3 is 15.0 Å². The van der Waals surface area contributed by atoms with Crippen LogP contribution in [0.2, 0.25) is 0 Å². The molecule has 0 spiro atoms. The number of aromatic nitrogens is 1. The van der Waals surface area contributed by atoms with Gasteiger partial charge in [-0.3, -0.25) is 9.59 Å². The Hall–Kier alpha value is -2.74. The summed E-state index contributed by atoms with van der Waals surface area (Å²) in [6.45, 7) is -0.440. The van der Waals surface area contributed by atoms with Crippen LogP contribution in [0.1, 0.15) is 10.4 Å². The Balaban J connectivity index is 2.29. The van der Waals surface area contributed by atoms with Gasteiger partial charge in [-0.2, -0.15) is 0 Å². The van der Waals surface area contributed by atoms with Crippen molar-refractivity contribution < 1.29 is 14.7 Å². The van der Waals surface area contributed by atoms with Gasteiger partial charge in [0.25, 0.3) is 5.91 Å². The molecule has 0 aliphatic rings. The number of carboxylic acids is 1. The van der Waals surface area contributed by atoms with Gasteiger partial charge in [0.15, 0.2) is 0 Å². The van der Waals surface area contributed by atoms with E-state index < -0.39 is 12.5 Å². The van der Waals surface area contributed by atoms with Crippen LogP contribution in [-0.2, 0) is 4.79 Å². The van der Waals surface area contributed by atoms with Crippen LogP contribution in [0, 0.1) is 12.3 Å². The number of aromatic amines is 1. The third kappa shape index (κ3) is 2.75. The van der Waals surface area contributed by atoms with Gasteiger partial charge in [-0.15, -0.1) is 6.42 Å². The van der Waals surface area contributed by atoms with Crippen LogP contribution in [0.3, 0.4) is 0 Å². The number of carboxylic acid groups (broad SMARTS) is 1. The van der Waals surface area contributed by atoms with Crippen LogP contribution in [-0.4, -0.2) is 40.0 Å². The average Bonchev–Trinajstić information content (AvgIpc) is 2.84. The number of carbonyl (C=O) groups excluding carboxylic acids is 1. The van der Waals surface area contributed by atoms with Crippen LogP contribution in [0.15, 0.2) is 30.5 Å². The third-order valence-corrected chi connectivity index (χ3v) is 2.70. The Morgan fingerprint density at radius 2 is 2.16 bits per heavy atom. The van der Waals surface area contributed by atoms with Crippen molar-refractivity contribution in [1.29, 1.82) is 0 Å². The summed E-state index contributed by atoms with van der Waals surface area (Å²) in [7, 11) is 0. The second-order valence-corrected chi connectivity index (χ2v) is 4.04. The Morgan fingerprint density at radius 3 is 2.84 bits per heavy atom. The van der Waals surface area contributed by atoms with E-state index in [1.165, 1.54) is 0 Å². The molecule has 0 aliphatic carbocycles. The first kappa shape index (κ1) is 12.7. The van der Waals surface area contributed by atoms with Crippen LogP contribution in [0.25, 0.3) is 10.9 Å². The van der Waals surface area contributed by atoms with E-state index in [1.54, 1.807) is 24.4 Å². The highest BCUT2D eigenvalue weighted by Crippen LogP contribution is 2.15. The molecule has 5 heteroatoms. The van der Waals surface area contributed by atoms with Gasteiger partial charge >= 0.3 is 5.97 Å². The zero-order valence-electron chi connectivity index (χ0n) is 10.1. The fourth-order valence-corrected chi connectivity index (χ4v) is 1.84. The quantitative estimate of drug-likeness (QED) is 0.810. The number of amides is 1. The molecule has 2 aromatic rings. The summed E-state index contributed by atoms with van der Waals surface area (Å²) in [5.41, 5.74) is 1.34. The molecule has 2 rings (SSSR count). The van der Waals surface area contributed by atoms with E-state index in [4.69, 9.17) is 11.5 Å². The second-order valence-electron chi connectivity index (χ2n) is 4.04. The molecule has 1 aromatic carbocycles. The lowest BCUT2D eigenvalue weighted by molar-refractivity contribution is -0.137. The summed E-state index contributed by atoms with van der Waals surface area (Å²) in [5, 5.41) is 9.67. The highest BCUT2D eigenvalue weighted by atomic mass is 16.4. The number of fused-ring (bicyclic) bond motifs is 1. The van der Waals surface area contributed by atoms with Crippen molar-refractivity contribution in [3.63, 3.8) is 0 Å². The summed E-state index contributed by atoms with van der Waals surface area (Å²) in [5.74, 6) is 0.815. The molecule has 1 heterocycles. The SMILES string of the molecule is C#CCN(CC(=O)O)C(=O)c1ccc2[nH]ccc2c1. The molecule has 1 amide bonds. The van der Waals surface area contributed by atoms with Crippen molar-refractivity contribution in [1.82, 2.24) is 9.88 Å². The third-order valence-electron chi connectivity index (χ3n) is 2.70. The molecule has 96 valence electrons. The van der Waals surface area contributed by atoms with Crippen LogP contribution < -0.4 is 0 Å². The second kappa shape index (κ2) is 5.27. The Morgan fingerprint density at radius 1 is 1.37 bits per heavy atom. The lowest BCUT2D eigenvalue weighted by Gasteiger charge is -2.17. The summed E-state index contributed by atoms with van der Waals surface area (Å²) in [4.78, 5) is 27.1. The Labute approximate surface area is 109 Å². The number of carbonyl (C=O) groups is 2. The minimum absolute atomic E-state index is 0.0314. The fraction of sp³-hybridized carbons (Fsp3) is 0.143. The summed E-state index contributed by atoms with van der Waals surface area (Å²) < 4.78 is 0. The zero-order chi connectivity index (χ0) is 13.8. The molecule has 1 aromatic heterocycles. The number of rotatable bonds is 4. The Bertz CT molecular complexity index is 667. The van der Waals surface area contributed by atoms with Crippen molar-refractivity contribution in [3.8, 4) is 12.3 Å². The predicted molar refractivity (Wildman–Crippen MR) is 70.7 cm³/mol. The molecule has 0 radical (unpaired) electrons. The zero-order valence-corrected chi connectivity index (χ0v) is 10.1. The molecule has 5 nitrogen and oxygen atoms in total. The van der Waals surface area contributed by atoms with Gasteiger partial charge in [0.1, 0.15) is 6.54 Å². The molecule has 0 aliphatic heterocycles. The minimum atomic E-state index is -1.09. The number of nitrogens with one attached hydrogen (secondary N) is 1. The Kier molecular flexibility index (Phi) is 3.53. The maximum Gasteiger partial charge on any atom is 0.323 e. The number of terminal acetylenes is 1. The van der Waals surface area contributed by atoms with Crippen molar-refractivity contribution >= 4 is 22.8 Å². The van der Waals surface area contributed by atoms with E-state index >= 15 is 0 Å². The lowest BCUT2D eigenvalue weighted by Crippen LogP contribution is -2.35. The summed E-state index contributed by atoms with van der Waals surface area (Å²) in [6, 6.07) is 6.97. The van der Waals surface area contributed by atoms with E-state index in [9.17, 15) is 9.59 Å². The molecule has 0 fully saturated rings. The van der Waals surface area contributed by atoms with Gasteiger partial charge in [0.05, 0.1) is 6.54 Å². The first-order valence-corrected chi connectivity index (χ1v) is 5.63. The number of hydrogen-bond donors (Lipinski definition) is 2. The first-order valence-electron chi connectivity index (χ1n) is 5.63. The first-order chi connectivity index (χ1) is 9.11. The van der Waals surface area contributed by atoms with Gasteiger partial charge in [0, 0.05) is 22.7 Å². The van der Waals surface area contributed by atoms with Gasteiger partial charge in [-0.05, 0) is 24.3 Å². The van der Waals surface area contributed by atoms with E-state index in [2.05, 4.69) is 10.9 Å². The predicted octanol–water partition coefficient (Wildman–Crippen LogP) is 1.33. The molecule has 19 heavy (non-hydrogen) atoms. The maximum atomic E-state index is 12.2. The van der Waals surface area contributed by atoms with E-state index in [0.717, 1.165) is 15.8 Å². The van der Waals surface area contributed by atoms with E-state index in [1.807, 2.05) is 6.07 Å². The van der Waals surface area contributed by atoms with Crippen LogP contribution in [0.5, 0.6) is 0 Å². The molecule has 0 atom stereocenters. The number of H-pyrrole nitrogens is 1. The minimum Gasteiger partial charge on any atom is -0.480 e. The van der Waals surface area contributed by atoms with Gasteiger partial charge in [-0.25, -0.2) is 0 Å². The highest BCUT2D eigenvalue weighted by molar-refractivity contribution is 5.99. The van der Waals surface area contributed by atoms with Gasteiger partial charge in [0.2, 0.25) is 0 Å². The molecule has 0 saturated carbocycles. The standard InChI is InChI=1S/C14H12N2O3/c1-2-7-16(9-13(17)18)14(19)11-3-4-12-10(8-11)5-6-15-12/h1,3-6,8,15H,7,9H2,(H,17,18). The largest absolute Gasteiger partial charge is 0.480 e. The summed E-state index contributed by atoms with van der Waals surface area (Å²) >= 11 is 0. The molecule has 0 saturated heterocycles. The van der Waals surface area contributed by atoms with Crippen molar-refractivity contribution in [2.24, 2.45) is 0 Å². The molecule has 0 bridgehead atoms. The van der Waals surface area contributed by atoms with Crippen LogP contribution >= 0.6 is 0 Å². The average molecular weight is 256 g/mol. The van der Waals surface area contributed by atoms with Gasteiger partial charge in [-0.1, -0.05) is 5.92 Å². The number of nitrogens with zero attached hydrogens (tertiary/aromatic N) is 1. The maximum absolute atomic E-state index is 12.2. The monoisotopic (exact) mass is 256 g/mol. The lowest BCUT2D eigenvalue weighted by atomic mass is 10.1. The van der Waals surface area contributed by atoms with E-state index in [0.29, 0.717) is 5.56 Å². The number of hydrogen-bond acceptors (Lipinski definition) is 2. The molecule has 2 N–H and O–H groups in total. The van der Waals surface area contributed by atoms with E-state index in [-0.39, 0.29) is 12.5 Å². The number of aliphatic carboxylic acids is 1. The molecular formula is C14H12N2O3. The fourth-order valence-electron chi connectivity index (χ4n) is 1.84. The molecule has 0 unspecified atom stereocenters. The van der Waals surface area contributed by atoms with Crippen molar-refractivity contribution in [2.75, 3.05) is 13.1 Å². The number of benzene rings is 1. The highest BCUT2D eigenvalue weighted by Gasteiger charge is 2.17. The smallest absolute Gasteiger partial charge is 0.323 e. The van der Waals surface area contributed by atoms with Crippen LogP contribution in [0.4, 0.5) is 0 Å². The molecular weight excluding hydrogens is 244 g/mol. The summed E-state index contributed by atoms with van der Waals surface area (Å²) in [6.07, 6.45) is 6.93. The van der Waals surface area contributed by atoms with Crippen molar-refractivity contribution in [3.05, 3.63) is 36.0 Å². The topological polar surface area (TPSA) is 73.4 Å².